The molecular weight excluding hydrogens is 208 g/mol. The first-order valence-corrected chi connectivity index (χ1v) is 3.19. The Bertz CT molecular complexity index is 222. The topological polar surface area (TPSA) is 39.9 Å². The Kier molecular flexibility index (Phi) is 4.81. The zero-order chi connectivity index (χ0) is 7.40. The van der Waals surface area contributed by atoms with Gasteiger partial charge in [0, 0.05) is 0 Å². The molecule has 11 heavy (non-hydrogen) atoms. The molecule has 0 aliphatic heterocycles. The molecule has 1 rings (SSSR count). The lowest BCUT2D eigenvalue weighted by Gasteiger charge is -1.88. The van der Waals surface area contributed by atoms with Gasteiger partial charge in [0.25, 0.3) is 5.82 Å². The van der Waals surface area contributed by atoms with Crippen molar-refractivity contribution in [3.05, 3.63) is 24.8 Å². The number of hydrogen-bond donors (Lipinski definition) is 2. The Hall–Kier alpha value is -0.610. The van der Waals surface area contributed by atoms with Gasteiger partial charge < -0.3 is 22.1 Å². The van der Waals surface area contributed by atoms with Gasteiger partial charge in [0.1, 0.15) is 12.4 Å². The van der Waals surface area contributed by atoms with E-state index in [2.05, 4.69) is 11.6 Å². The fourth-order valence-corrected chi connectivity index (χ4v) is 0.856. The number of aliphatic hydroxyl groups excluding tert-OH is 1. The number of halogens is 1. The van der Waals surface area contributed by atoms with Crippen LogP contribution in [0.3, 0.4) is 0 Å². The maximum absolute atomic E-state index is 8.59. The molecule has 0 unspecified atom stereocenters. The summed E-state index contributed by atoms with van der Waals surface area (Å²) >= 11 is 0. The summed E-state index contributed by atoms with van der Waals surface area (Å²) in [6, 6.07) is 0. The third-order valence-electron chi connectivity index (χ3n) is 1.34. The number of H-pyrrole nitrogens is 1. The first kappa shape index (κ1) is 10.4. The van der Waals surface area contributed by atoms with Gasteiger partial charge in [-0.2, -0.15) is 0 Å². The molecule has 0 bridgehead atoms. The van der Waals surface area contributed by atoms with Gasteiger partial charge in [-0.25, -0.2) is 9.55 Å². The predicted molar refractivity (Wildman–Crippen MR) is 38.2 cm³/mol. The molecule has 1 heterocycles. The van der Waals surface area contributed by atoms with Crippen molar-refractivity contribution in [1.82, 2.24) is 4.98 Å². The Morgan fingerprint density at radius 1 is 1.73 bits per heavy atom. The van der Waals surface area contributed by atoms with Gasteiger partial charge in [0.2, 0.25) is 0 Å². The summed E-state index contributed by atoms with van der Waals surface area (Å²) in [5.41, 5.74) is 0. The number of nitrogens with one attached hydrogen (secondary N) is 1. The standard InChI is InChI=1S/C7H10N2O.BrH/c1-2-9-5-4-8-7(9)3-6-10;/h2,4-5,10H,1,3,6H2;1H. The lowest BCUT2D eigenvalue weighted by Crippen LogP contribution is -3.00. The van der Waals surface area contributed by atoms with Crippen LogP contribution in [0.5, 0.6) is 0 Å². The highest BCUT2D eigenvalue weighted by Gasteiger charge is 2.04. The van der Waals surface area contributed by atoms with Gasteiger partial charge in [-0.3, -0.25) is 0 Å². The SMILES string of the molecule is C=C[n+]1cc[nH]c1CCO.[Br-]. The van der Waals surface area contributed by atoms with E-state index < -0.39 is 0 Å². The number of rotatable bonds is 3. The smallest absolute Gasteiger partial charge is 0.261 e. The van der Waals surface area contributed by atoms with Crippen molar-refractivity contribution in [3.63, 3.8) is 0 Å². The molecule has 1 aromatic rings. The number of aromatic nitrogens is 2. The highest BCUT2D eigenvalue weighted by Crippen LogP contribution is 1.86. The van der Waals surface area contributed by atoms with E-state index in [1.807, 2.05) is 17.0 Å². The van der Waals surface area contributed by atoms with Crippen molar-refractivity contribution in [2.24, 2.45) is 0 Å². The summed E-state index contributed by atoms with van der Waals surface area (Å²) in [6.45, 7) is 3.77. The number of aromatic amines is 1. The Labute approximate surface area is 76.1 Å². The fourth-order valence-electron chi connectivity index (χ4n) is 0.856. The van der Waals surface area contributed by atoms with Crippen LogP contribution in [0.2, 0.25) is 0 Å². The van der Waals surface area contributed by atoms with Crippen LogP contribution in [-0.4, -0.2) is 16.7 Å². The average Bonchev–Trinajstić information content (AvgIpc) is 2.36. The van der Waals surface area contributed by atoms with Gasteiger partial charge in [-0.15, -0.1) is 0 Å². The molecule has 0 radical (unpaired) electrons. The molecule has 0 spiro atoms. The van der Waals surface area contributed by atoms with Crippen LogP contribution in [0.1, 0.15) is 5.82 Å². The summed E-state index contributed by atoms with van der Waals surface area (Å²) in [7, 11) is 0. The normalized spacial score (nSPS) is 8.82. The van der Waals surface area contributed by atoms with E-state index >= 15 is 0 Å². The van der Waals surface area contributed by atoms with Crippen LogP contribution < -0.4 is 21.5 Å². The Morgan fingerprint density at radius 3 is 3.00 bits per heavy atom. The molecule has 0 aromatic carbocycles. The molecule has 0 aliphatic carbocycles. The summed E-state index contributed by atoms with van der Waals surface area (Å²) in [5, 5.41) is 8.59. The van der Waals surface area contributed by atoms with Crippen LogP contribution in [0.25, 0.3) is 6.20 Å². The van der Waals surface area contributed by atoms with Crippen molar-refractivity contribution < 1.29 is 26.7 Å². The van der Waals surface area contributed by atoms with Crippen LogP contribution >= 0.6 is 0 Å². The highest BCUT2D eigenvalue weighted by molar-refractivity contribution is 4.97. The summed E-state index contributed by atoms with van der Waals surface area (Å²) < 4.78 is 1.84. The second-order valence-electron chi connectivity index (χ2n) is 1.97. The number of aliphatic hydroxyl groups is 1. The fraction of sp³-hybridized carbons (Fsp3) is 0.286. The molecule has 3 nitrogen and oxygen atoms in total. The largest absolute Gasteiger partial charge is 1.00 e. The summed E-state index contributed by atoms with van der Waals surface area (Å²) in [5.74, 6) is 0.970. The minimum Gasteiger partial charge on any atom is -1.00 e. The lowest BCUT2D eigenvalue weighted by atomic mass is 10.4. The Morgan fingerprint density at radius 2 is 2.45 bits per heavy atom. The lowest BCUT2D eigenvalue weighted by molar-refractivity contribution is -0.575. The molecule has 1 aromatic heterocycles. The van der Waals surface area contributed by atoms with Crippen molar-refractivity contribution in [3.8, 4) is 0 Å². The highest BCUT2D eigenvalue weighted by atomic mass is 79.9. The molecule has 0 saturated heterocycles. The van der Waals surface area contributed by atoms with E-state index in [9.17, 15) is 0 Å². The zero-order valence-electron chi connectivity index (χ0n) is 6.13. The van der Waals surface area contributed by atoms with Crippen LogP contribution in [0.15, 0.2) is 19.0 Å². The summed E-state index contributed by atoms with van der Waals surface area (Å²) in [6.07, 6.45) is 6.01. The van der Waals surface area contributed by atoms with Gasteiger partial charge in [-0.1, -0.05) is 6.58 Å². The molecule has 62 valence electrons. The average molecular weight is 219 g/mol. The minimum absolute atomic E-state index is 0. The monoisotopic (exact) mass is 218 g/mol. The maximum atomic E-state index is 8.59. The molecule has 0 aliphatic rings. The van der Waals surface area contributed by atoms with E-state index in [1.165, 1.54) is 0 Å². The third kappa shape index (κ3) is 2.48. The number of imidazole rings is 1. The van der Waals surface area contributed by atoms with Crippen molar-refractivity contribution in [2.45, 2.75) is 6.42 Å². The third-order valence-corrected chi connectivity index (χ3v) is 1.34. The maximum Gasteiger partial charge on any atom is 0.261 e. The van der Waals surface area contributed by atoms with E-state index in [0.717, 1.165) is 5.82 Å². The van der Waals surface area contributed by atoms with E-state index in [0.29, 0.717) is 6.42 Å². The zero-order valence-corrected chi connectivity index (χ0v) is 7.71. The molecule has 4 heteroatoms. The molecule has 2 N–H and O–H groups in total. The van der Waals surface area contributed by atoms with Gasteiger partial charge in [0.05, 0.1) is 19.2 Å². The first-order chi connectivity index (χ1) is 4.88. The molecule has 0 atom stereocenters. The second kappa shape index (κ2) is 5.09. The van der Waals surface area contributed by atoms with E-state index in [1.54, 1.807) is 6.20 Å². The van der Waals surface area contributed by atoms with Gasteiger partial charge in [-0.05, 0) is 0 Å². The minimum atomic E-state index is 0. The number of nitrogens with zero attached hydrogens (tertiary/aromatic N) is 1. The quantitative estimate of drug-likeness (QED) is 0.521. The predicted octanol–water partition coefficient (Wildman–Crippen LogP) is -3.06. The van der Waals surface area contributed by atoms with Crippen LogP contribution in [0, 0.1) is 0 Å². The first-order valence-electron chi connectivity index (χ1n) is 3.19. The molecular formula is C7H11BrN2O. The molecule has 0 amide bonds. The summed E-state index contributed by atoms with van der Waals surface area (Å²) in [4.78, 5) is 2.99. The molecule has 0 fully saturated rings. The molecule has 0 saturated carbocycles. The van der Waals surface area contributed by atoms with Crippen LogP contribution in [0.4, 0.5) is 0 Å². The van der Waals surface area contributed by atoms with E-state index in [-0.39, 0.29) is 23.6 Å². The van der Waals surface area contributed by atoms with E-state index in [4.69, 9.17) is 5.11 Å². The second-order valence-corrected chi connectivity index (χ2v) is 1.97. The van der Waals surface area contributed by atoms with Crippen molar-refractivity contribution >= 4 is 6.20 Å². The van der Waals surface area contributed by atoms with Crippen LogP contribution in [-0.2, 0) is 6.42 Å². The van der Waals surface area contributed by atoms with Gasteiger partial charge >= 0.3 is 0 Å². The van der Waals surface area contributed by atoms with Crippen molar-refractivity contribution in [1.29, 1.82) is 0 Å². The van der Waals surface area contributed by atoms with Gasteiger partial charge in [0.15, 0.2) is 0 Å². The van der Waals surface area contributed by atoms with Crippen molar-refractivity contribution in [2.75, 3.05) is 6.61 Å². The number of hydrogen-bond acceptors (Lipinski definition) is 1. The Balaban J connectivity index is 0.000001000.